The molecule has 32 heavy (non-hydrogen) atoms. The van der Waals surface area contributed by atoms with Gasteiger partial charge in [0.1, 0.15) is 24.5 Å². The molecule has 0 aliphatic carbocycles. The second kappa shape index (κ2) is 9.29. The highest BCUT2D eigenvalue weighted by molar-refractivity contribution is 5.81. The molecular formula is C25H27N3O4. The van der Waals surface area contributed by atoms with E-state index in [1.165, 1.54) is 16.7 Å². The quantitative estimate of drug-likeness (QED) is 0.752. The number of benzene rings is 2. The smallest absolute Gasteiger partial charge is 0.251 e. The number of ether oxygens (including phenoxy) is 3. The minimum atomic E-state index is -0.631. The molecule has 0 radical (unpaired) electrons. The molecule has 7 heteroatoms. The Morgan fingerprint density at radius 3 is 2.94 bits per heavy atom. The second-order valence-corrected chi connectivity index (χ2v) is 8.58. The molecule has 1 amide bonds. The molecule has 2 atom stereocenters. The molecule has 3 aliphatic rings. The van der Waals surface area contributed by atoms with Gasteiger partial charge in [0.05, 0.1) is 19.3 Å². The van der Waals surface area contributed by atoms with Crippen molar-refractivity contribution in [1.29, 1.82) is 5.26 Å². The summed E-state index contributed by atoms with van der Waals surface area (Å²) < 4.78 is 17.0. The zero-order valence-electron chi connectivity index (χ0n) is 17.9. The number of rotatable bonds is 5. The molecule has 3 aliphatic heterocycles. The van der Waals surface area contributed by atoms with Crippen molar-refractivity contribution in [3.63, 3.8) is 0 Å². The zero-order valence-corrected chi connectivity index (χ0v) is 17.9. The summed E-state index contributed by atoms with van der Waals surface area (Å²) in [6.45, 7) is 3.93. The molecule has 0 spiro atoms. The Balaban J connectivity index is 1.29. The number of nitrogens with one attached hydrogen (secondary N) is 2. The molecule has 0 bridgehead atoms. The average Bonchev–Trinajstić information content (AvgIpc) is 3.07. The standard InChI is InChI=1S/C25H27N3O4/c26-11-20(28-25(29)24-12-27-6-1-7-31-24)8-16-2-5-21-22-10-17(19-13-30-14-19)3-4-18(22)15-32-23(21)9-16/h2-5,9-10,19-20,24,27H,1,6-8,12-15H2,(H,28,29)/t20?,24-/m0/s1. The number of carbonyl (C=O) groups is 1. The number of hydrogen-bond donors (Lipinski definition) is 2. The van der Waals surface area contributed by atoms with Gasteiger partial charge in [-0.05, 0) is 41.3 Å². The van der Waals surface area contributed by atoms with Gasteiger partial charge in [-0.15, -0.1) is 0 Å². The van der Waals surface area contributed by atoms with Crippen LogP contribution in [0.15, 0.2) is 36.4 Å². The first-order valence-corrected chi connectivity index (χ1v) is 11.2. The highest BCUT2D eigenvalue weighted by atomic mass is 16.5. The third kappa shape index (κ3) is 4.35. The summed E-state index contributed by atoms with van der Waals surface area (Å²) >= 11 is 0. The lowest BCUT2D eigenvalue weighted by molar-refractivity contribution is -0.132. The van der Waals surface area contributed by atoms with Crippen LogP contribution in [0.4, 0.5) is 0 Å². The Bertz CT molecular complexity index is 1040. The summed E-state index contributed by atoms with van der Waals surface area (Å²) in [4.78, 5) is 12.5. The predicted octanol–water partition coefficient (Wildman–Crippen LogP) is 2.29. The lowest BCUT2D eigenvalue weighted by atomic mass is 9.89. The van der Waals surface area contributed by atoms with Crippen molar-refractivity contribution >= 4 is 5.91 Å². The fourth-order valence-electron chi connectivity index (χ4n) is 4.36. The molecule has 2 saturated heterocycles. The summed E-state index contributed by atoms with van der Waals surface area (Å²) in [5.41, 5.74) is 5.68. The largest absolute Gasteiger partial charge is 0.488 e. The average molecular weight is 434 g/mol. The van der Waals surface area contributed by atoms with Crippen LogP contribution in [0.5, 0.6) is 5.75 Å². The van der Waals surface area contributed by atoms with Gasteiger partial charge in [-0.3, -0.25) is 4.79 Å². The van der Waals surface area contributed by atoms with E-state index in [-0.39, 0.29) is 5.91 Å². The molecule has 0 saturated carbocycles. The van der Waals surface area contributed by atoms with Crippen molar-refractivity contribution in [3.8, 4) is 22.9 Å². The van der Waals surface area contributed by atoms with E-state index >= 15 is 0 Å². The number of carbonyl (C=O) groups excluding carboxylic acids is 1. The molecule has 2 aromatic carbocycles. The van der Waals surface area contributed by atoms with Crippen LogP contribution in [-0.4, -0.2) is 51.0 Å². The molecule has 1 unspecified atom stereocenters. The molecule has 3 heterocycles. The monoisotopic (exact) mass is 433 g/mol. The Kier molecular flexibility index (Phi) is 6.08. The van der Waals surface area contributed by atoms with Gasteiger partial charge in [0.25, 0.3) is 5.91 Å². The Hall–Kier alpha value is -2.92. The van der Waals surface area contributed by atoms with Crippen LogP contribution < -0.4 is 15.4 Å². The van der Waals surface area contributed by atoms with E-state index in [1.807, 2.05) is 12.1 Å². The van der Waals surface area contributed by atoms with Crippen molar-refractivity contribution in [2.24, 2.45) is 0 Å². The third-order valence-corrected chi connectivity index (χ3v) is 6.31. The first kappa shape index (κ1) is 21.0. The van der Waals surface area contributed by atoms with Crippen molar-refractivity contribution in [3.05, 3.63) is 53.1 Å². The normalized spacial score (nSPS) is 21.0. The van der Waals surface area contributed by atoms with E-state index in [2.05, 4.69) is 41.0 Å². The van der Waals surface area contributed by atoms with Gasteiger partial charge in [-0.1, -0.05) is 30.3 Å². The van der Waals surface area contributed by atoms with Gasteiger partial charge in [0, 0.05) is 31.1 Å². The van der Waals surface area contributed by atoms with Crippen LogP contribution in [0.3, 0.4) is 0 Å². The van der Waals surface area contributed by atoms with Crippen LogP contribution in [0, 0.1) is 11.3 Å². The van der Waals surface area contributed by atoms with Crippen molar-refractivity contribution < 1.29 is 19.0 Å². The minimum absolute atomic E-state index is 0.249. The SMILES string of the molecule is N#CC(Cc1ccc2c(c1)OCc1ccc(C3COC3)cc1-2)NC(=O)[C@@H]1CNCCCO1. The third-order valence-electron chi connectivity index (χ3n) is 6.31. The van der Waals surface area contributed by atoms with Gasteiger partial charge in [-0.2, -0.15) is 5.26 Å². The molecule has 166 valence electrons. The highest BCUT2D eigenvalue weighted by Gasteiger charge is 2.26. The first-order valence-electron chi connectivity index (χ1n) is 11.2. The first-order chi connectivity index (χ1) is 15.7. The van der Waals surface area contributed by atoms with E-state index in [1.54, 1.807) is 0 Å². The summed E-state index contributed by atoms with van der Waals surface area (Å²) in [6.07, 6.45) is 0.720. The lowest BCUT2D eigenvalue weighted by Crippen LogP contribution is -2.46. The summed E-state index contributed by atoms with van der Waals surface area (Å²) in [7, 11) is 0. The van der Waals surface area contributed by atoms with Crippen LogP contribution in [0.25, 0.3) is 11.1 Å². The van der Waals surface area contributed by atoms with Gasteiger partial charge in [0.15, 0.2) is 0 Å². The summed E-state index contributed by atoms with van der Waals surface area (Å²) in [6, 6.07) is 14.2. The van der Waals surface area contributed by atoms with E-state index in [0.717, 1.165) is 43.1 Å². The topological polar surface area (TPSA) is 92.6 Å². The fraction of sp³-hybridized carbons (Fsp3) is 0.440. The summed E-state index contributed by atoms with van der Waals surface area (Å²) in [5, 5.41) is 15.6. The number of nitriles is 1. The maximum absolute atomic E-state index is 12.5. The van der Waals surface area contributed by atoms with Gasteiger partial charge in [0.2, 0.25) is 0 Å². The molecule has 2 aromatic rings. The van der Waals surface area contributed by atoms with Gasteiger partial charge in [-0.25, -0.2) is 0 Å². The number of hydrogen-bond acceptors (Lipinski definition) is 6. The van der Waals surface area contributed by atoms with Crippen molar-refractivity contribution in [1.82, 2.24) is 10.6 Å². The lowest BCUT2D eigenvalue weighted by Gasteiger charge is -2.28. The molecule has 5 rings (SSSR count). The van der Waals surface area contributed by atoms with Crippen LogP contribution in [0.2, 0.25) is 0 Å². The van der Waals surface area contributed by atoms with E-state index in [0.29, 0.717) is 32.1 Å². The molecule has 0 aromatic heterocycles. The Morgan fingerprint density at radius 1 is 1.22 bits per heavy atom. The van der Waals surface area contributed by atoms with Gasteiger partial charge >= 0.3 is 0 Å². The highest BCUT2D eigenvalue weighted by Crippen LogP contribution is 2.40. The number of nitrogens with zero attached hydrogens (tertiary/aromatic N) is 1. The zero-order chi connectivity index (χ0) is 21.9. The van der Waals surface area contributed by atoms with E-state index in [9.17, 15) is 10.1 Å². The van der Waals surface area contributed by atoms with Crippen LogP contribution >= 0.6 is 0 Å². The van der Waals surface area contributed by atoms with Crippen LogP contribution in [-0.2, 0) is 27.3 Å². The molecule has 2 fully saturated rings. The second-order valence-electron chi connectivity index (χ2n) is 8.58. The fourth-order valence-corrected chi connectivity index (χ4v) is 4.36. The maximum atomic E-state index is 12.5. The van der Waals surface area contributed by atoms with E-state index in [4.69, 9.17) is 14.2 Å². The predicted molar refractivity (Wildman–Crippen MR) is 118 cm³/mol. The summed E-state index contributed by atoms with van der Waals surface area (Å²) in [5.74, 6) is 1.04. The number of amides is 1. The van der Waals surface area contributed by atoms with Gasteiger partial charge < -0.3 is 24.8 Å². The van der Waals surface area contributed by atoms with E-state index < -0.39 is 12.1 Å². The van der Waals surface area contributed by atoms with Crippen LogP contribution in [0.1, 0.15) is 29.0 Å². The van der Waals surface area contributed by atoms with Crippen molar-refractivity contribution in [2.45, 2.75) is 37.5 Å². The minimum Gasteiger partial charge on any atom is -0.488 e. The molecular weight excluding hydrogens is 406 g/mol. The Morgan fingerprint density at radius 2 is 2.12 bits per heavy atom. The van der Waals surface area contributed by atoms with Crippen molar-refractivity contribution in [2.75, 3.05) is 32.9 Å². The maximum Gasteiger partial charge on any atom is 0.251 e. The number of fused-ring (bicyclic) bond motifs is 3. The Labute approximate surface area is 187 Å². The molecule has 2 N–H and O–H groups in total. The molecule has 7 nitrogen and oxygen atoms in total.